The van der Waals surface area contributed by atoms with Crippen LogP contribution in [0.4, 0.5) is 24.5 Å². The number of aromatic nitrogens is 3. The van der Waals surface area contributed by atoms with Gasteiger partial charge in [0.05, 0.1) is 28.3 Å². The normalized spacial score (nSPS) is 18.4. The van der Waals surface area contributed by atoms with E-state index in [9.17, 15) is 42.3 Å². The minimum atomic E-state index is -4.71. The van der Waals surface area contributed by atoms with Crippen LogP contribution in [0, 0.1) is 0 Å². The van der Waals surface area contributed by atoms with Crippen molar-refractivity contribution in [3.8, 4) is 0 Å². The zero-order chi connectivity index (χ0) is 42.4. The first-order valence-corrected chi connectivity index (χ1v) is 19.5. The van der Waals surface area contributed by atoms with Crippen LogP contribution in [0.2, 0.25) is 0 Å². The lowest BCUT2D eigenvalue weighted by atomic mass is 9.95. The molecule has 0 saturated carbocycles. The summed E-state index contributed by atoms with van der Waals surface area (Å²) in [5.41, 5.74) is -0.935. The fourth-order valence-corrected chi connectivity index (χ4v) is 7.94. The maximum absolute atomic E-state index is 13.2. The number of fused-ring (bicyclic) bond motifs is 2. The highest BCUT2D eigenvalue weighted by Crippen LogP contribution is 2.35. The molecule has 18 heteroatoms. The second kappa shape index (κ2) is 15.8. The molecule has 3 aliphatic heterocycles. The highest BCUT2D eigenvalue weighted by molar-refractivity contribution is 6.23. The van der Waals surface area contributed by atoms with E-state index in [0.29, 0.717) is 35.2 Å². The molecule has 4 aromatic rings. The van der Waals surface area contributed by atoms with Crippen molar-refractivity contribution in [3.05, 3.63) is 82.8 Å². The molecule has 1 unspecified atom stereocenters. The Hall–Kier alpha value is -5.72. The number of carbonyl (C=O) groups is 5. The van der Waals surface area contributed by atoms with E-state index < -0.39 is 58.7 Å². The van der Waals surface area contributed by atoms with Gasteiger partial charge in [-0.3, -0.25) is 38.9 Å². The van der Waals surface area contributed by atoms with Gasteiger partial charge in [0.15, 0.2) is 0 Å². The molecule has 5 amide bonds. The summed E-state index contributed by atoms with van der Waals surface area (Å²) in [6, 6.07) is 10.5. The predicted molar refractivity (Wildman–Crippen MR) is 211 cm³/mol. The van der Waals surface area contributed by atoms with Crippen molar-refractivity contribution >= 4 is 51.8 Å². The lowest BCUT2D eigenvalue weighted by molar-refractivity contribution is -0.141. The Morgan fingerprint density at radius 3 is 2.36 bits per heavy atom. The number of benzene rings is 2. The van der Waals surface area contributed by atoms with Crippen molar-refractivity contribution in [2.24, 2.45) is 0 Å². The Bertz CT molecular complexity index is 2330. The van der Waals surface area contributed by atoms with Gasteiger partial charge in [-0.25, -0.2) is 4.98 Å². The number of hydrogen-bond donors (Lipinski definition) is 5. The van der Waals surface area contributed by atoms with Gasteiger partial charge >= 0.3 is 6.18 Å². The first-order chi connectivity index (χ1) is 27.8. The Balaban J connectivity index is 0.912. The number of rotatable bonds is 12. The third-order valence-corrected chi connectivity index (χ3v) is 10.9. The van der Waals surface area contributed by atoms with Crippen LogP contribution in [0.1, 0.15) is 102 Å². The van der Waals surface area contributed by atoms with E-state index in [1.165, 1.54) is 6.07 Å². The van der Waals surface area contributed by atoms with E-state index in [-0.39, 0.29) is 41.2 Å². The molecule has 2 fully saturated rings. The van der Waals surface area contributed by atoms with Crippen molar-refractivity contribution in [1.82, 2.24) is 35.2 Å². The van der Waals surface area contributed by atoms with Crippen LogP contribution in [0.5, 0.6) is 0 Å². The molecule has 2 aromatic carbocycles. The topological polar surface area (TPSA) is 191 Å². The monoisotopic (exact) mass is 817 g/mol. The Morgan fingerprint density at radius 2 is 1.66 bits per heavy atom. The maximum Gasteiger partial charge on any atom is 0.433 e. The number of nitrogens with zero attached hydrogens (tertiary/aromatic N) is 5. The molecule has 59 heavy (non-hydrogen) atoms. The Morgan fingerprint density at radius 1 is 0.932 bits per heavy atom. The molecule has 2 aromatic heterocycles. The van der Waals surface area contributed by atoms with Crippen molar-refractivity contribution < 1.29 is 42.3 Å². The van der Waals surface area contributed by atoms with E-state index in [0.717, 1.165) is 49.5 Å². The number of piperidine rings is 2. The van der Waals surface area contributed by atoms with Crippen molar-refractivity contribution in [2.45, 2.75) is 82.8 Å². The van der Waals surface area contributed by atoms with E-state index in [2.05, 4.69) is 45.0 Å². The molecule has 7 rings (SSSR count). The van der Waals surface area contributed by atoms with Gasteiger partial charge in [0.25, 0.3) is 17.7 Å². The van der Waals surface area contributed by atoms with Crippen molar-refractivity contribution in [2.75, 3.05) is 43.4 Å². The second-order valence-electron chi connectivity index (χ2n) is 16.4. The minimum Gasteiger partial charge on any atom is -0.386 e. The zero-order valence-corrected chi connectivity index (χ0v) is 33.1. The summed E-state index contributed by atoms with van der Waals surface area (Å²) in [4.78, 5) is 70.0. The maximum atomic E-state index is 13.2. The summed E-state index contributed by atoms with van der Waals surface area (Å²) >= 11 is 0. The first kappa shape index (κ1) is 41.4. The molecule has 0 bridgehead atoms. The predicted octanol–water partition coefficient (Wildman–Crippen LogP) is 4.45. The summed E-state index contributed by atoms with van der Waals surface area (Å²) in [6.07, 6.45) is -1.02. The van der Waals surface area contributed by atoms with Gasteiger partial charge in [-0.15, -0.1) is 0 Å². The third kappa shape index (κ3) is 8.99. The van der Waals surface area contributed by atoms with Crippen LogP contribution >= 0.6 is 0 Å². The molecule has 5 N–H and O–H groups in total. The van der Waals surface area contributed by atoms with Gasteiger partial charge in [0.1, 0.15) is 17.4 Å². The van der Waals surface area contributed by atoms with Crippen LogP contribution in [-0.4, -0.2) is 104 Å². The lowest BCUT2D eigenvalue weighted by Crippen LogP contribution is -2.54. The van der Waals surface area contributed by atoms with Crippen LogP contribution in [0.3, 0.4) is 0 Å². The third-order valence-electron chi connectivity index (χ3n) is 10.9. The Kier molecular flexibility index (Phi) is 11.1. The van der Waals surface area contributed by atoms with Crippen LogP contribution < -0.4 is 21.3 Å². The molecule has 5 heterocycles. The second-order valence-corrected chi connectivity index (χ2v) is 16.4. The van der Waals surface area contributed by atoms with Gasteiger partial charge < -0.3 is 26.0 Å². The fourth-order valence-electron chi connectivity index (χ4n) is 7.94. The molecule has 1 atom stereocenters. The van der Waals surface area contributed by atoms with Crippen molar-refractivity contribution in [1.29, 1.82) is 0 Å². The van der Waals surface area contributed by atoms with Crippen LogP contribution in [0.25, 0.3) is 10.9 Å². The average Bonchev–Trinajstić information content (AvgIpc) is 3.69. The Labute approximate surface area is 337 Å². The van der Waals surface area contributed by atoms with Gasteiger partial charge in [-0.05, 0) is 89.4 Å². The number of carbonyl (C=O) groups excluding carboxylic acids is 5. The number of alkyl halides is 3. The number of halogens is 3. The number of nitrogens with one attached hydrogen (secondary N) is 4. The number of hydrogen-bond acceptors (Lipinski definition) is 11. The molecule has 0 aliphatic carbocycles. The molecule has 3 aliphatic rings. The number of amides is 5. The number of aliphatic hydroxyl groups is 1. The largest absolute Gasteiger partial charge is 0.433 e. The quantitative estimate of drug-likeness (QED) is 0.100. The summed E-state index contributed by atoms with van der Waals surface area (Å²) in [6.45, 7) is 10.9. The molecule has 0 spiro atoms. The number of imide groups is 2. The van der Waals surface area contributed by atoms with E-state index in [4.69, 9.17) is 5.10 Å². The number of pyridine rings is 1. The smallest absolute Gasteiger partial charge is 0.386 e. The average molecular weight is 818 g/mol. The van der Waals surface area contributed by atoms with E-state index >= 15 is 0 Å². The van der Waals surface area contributed by atoms with E-state index in [1.54, 1.807) is 44.2 Å². The van der Waals surface area contributed by atoms with Gasteiger partial charge in [0, 0.05) is 73.2 Å². The lowest BCUT2D eigenvalue weighted by Gasteiger charge is -2.38. The molecule has 0 radical (unpaired) electrons. The molecule has 15 nitrogen and oxygen atoms in total. The SMILES string of the molecule is CC(C)(CN1CCC(n2cc3cc(NC(=O)c4cccc(C(F)(F)F)n4)c(C(C)(C)O)cc3n2)CC1)NCCNc1ccc2c(c1)C(=O)N(C1CCC(=O)NC1=O)C2=O. The summed E-state index contributed by atoms with van der Waals surface area (Å²) in [7, 11) is 0. The first-order valence-electron chi connectivity index (χ1n) is 19.5. The number of likely N-dealkylation sites (tertiary alicyclic amines) is 1. The molecular weight excluding hydrogens is 772 g/mol. The summed E-state index contributed by atoms with van der Waals surface area (Å²) in [5, 5.41) is 28.2. The van der Waals surface area contributed by atoms with Gasteiger partial charge in [-0.2, -0.15) is 18.3 Å². The molecular formula is C41H46F3N9O6. The summed E-state index contributed by atoms with van der Waals surface area (Å²) in [5.74, 6) is -3.02. The molecule has 2 saturated heterocycles. The standard InChI is InChI=1S/C41H46F3N9O6/c1-39(2,46-15-14-45-24-8-9-26-27(19-24)38(58)53(37(26)57)32-10-11-34(54)49-36(32)56)22-51-16-12-25(13-17-51)52-21-23-18-31(28(40(3,4)59)20-30(23)50-52)48-35(55)29-6-5-7-33(47-29)41(42,43)44/h5-9,18-21,25,32,45-46,59H,10-17,22H2,1-4H3,(H,48,55)(H,49,54,56). The van der Waals surface area contributed by atoms with E-state index in [1.807, 2.05) is 10.9 Å². The van der Waals surface area contributed by atoms with Gasteiger partial charge in [-0.1, -0.05) is 6.07 Å². The molecule has 312 valence electrons. The fraction of sp³-hybridized carbons (Fsp3) is 0.439. The minimum absolute atomic E-state index is 0.0552. The van der Waals surface area contributed by atoms with Gasteiger partial charge in [0.2, 0.25) is 11.8 Å². The number of anilines is 2. The zero-order valence-electron chi connectivity index (χ0n) is 33.1. The van der Waals surface area contributed by atoms with Crippen LogP contribution in [0.15, 0.2) is 54.7 Å². The van der Waals surface area contributed by atoms with Crippen LogP contribution in [-0.2, 0) is 21.4 Å². The van der Waals surface area contributed by atoms with Crippen molar-refractivity contribution in [3.63, 3.8) is 0 Å². The highest BCUT2D eigenvalue weighted by atomic mass is 19.4. The summed E-state index contributed by atoms with van der Waals surface area (Å²) < 4.78 is 41.6. The highest BCUT2D eigenvalue weighted by Gasteiger charge is 2.44.